The van der Waals surface area contributed by atoms with E-state index in [0.29, 0.717) is 12.5 Å². The van der Waals surface area contributed by atoms with Crippen LogP contribution in [-0.4, -0.2) is 29.0 Å². The molecule has 3 N–H and O–H groups in total. The average Bonchev–Trinajstić information content (AvgIpc) is 3.02. The molecule has 0 fully saturated rings. The molecule has 0 bridgehead atoms. The largest absolute Gasteiger partial charge is 0.370 e. The van der Waals surface area contributed by atoms with Gasteiger partial charge in [-0.25, -0.2) is 4.98 Å². The summed E-state index contributed by atoms with van der Waals surface area (Å²) in [5.74, 6) is 0.496. The first-order chi connectivity index (χ1) is 11.8. The maximum atomic E-state index is 5.88. The third kappa shape index (κ3) is 4.76. The van der Waals surface area contributed by atoms with E-state index in [0.717, 1.165) is 42.0 Å². The van der Waals surface area contributed by atoms with Crippen molar-refractivity contribution in [2.24, 2.45) is 10.7 Å². The molecule has 0 amide bonds. The summed E-state index contributed by atoms with van der Waals surface area (Å²) in [5.41, 5.74) is 8.01. The molecule has 0 spiro atoms. The maximum Gasteiger partial charge on any atom is 0.188 e. The Balaban J connectivity index is 1.37. The Hall–Kier alpha value is -2.47. The summed E-state index contributed by atoms with van der Waals surface area (Å²) in [6.45, 7) is 1.45. The SMILES string of the molecule is NC(=NCCCc1nc2ccccc2s1)NCCc1ccccn1. The molecule has 0 atom stereocenters. The van der Waals surface area contributed by atoms with Gasteiger partial charge in [-0.15, -0.1) is 11.3 Å². The molecule has 124 valence electrons. The van der Waals surface area contributed by atoms with Gasteiger partial charge in [0.2, 0.25) is 0 Å². The van der Waals surface area contributed by atoms with Crippen molar-refractivity contribution in [2.75, 3.05) is 13.1 Å². The number of thiazole rings is 1. The minimum atomic E-state index is 0.496. The molecule has 1 aromatic carbocycles. The number of hydrogen-bond acceptors (Lipinski definition) is 4. The summed E-state index contributed by atoms with van der Waals surface area (Å²) >= 11 is 1.75. The smallest absolute Gasteiger partial charge is 0.188 e. The van der Waals surface area contributed by atoms with Crippen molar-refractivity contribution in [3.05, 3.63) is 59.4 Å². The first-order valence-electron chi connectivity index (χ1n) is 8.09. The van der Waals surface area contributed by atoms with Gasteiger partial charge in [0.25, 0.3) is 0 Å². The van der Waals surface area contributed by atoms with Gasteiger partial charge in [0.15, 0.2) is 5.96 Å². The predicted octanol–water partition coefficient (Wildman–Crippen LogP) is 2.77. The predicted molar refractivity (Wildman–Crippen MR) is 100 cm³/mol. The van der Waals surface area contributed by atoms with Crippen LogP contribution in [0.15, 0.2) is 53.7 Å². The van der Waals surface area contributed by atoms with E-state index in [1.807, 2.05) is 30.3 Å². The zero-order chi connectivity index (χ0) is 16.6. The Morgan fingerprint density at radius 3 is 2.83 bits per heavy atom. The quantitative estimate of drug-likeness (QED) is 0.394. The summed E-state index contributed by atoms with van der Waals surface area (Å²) in [5, 5.41) is 4.29. The zero-order valence-electron chi connectivity index (χ0n) is 13.5. The Bertz CT molecular complexity index is 764. The molecule has 0 radical (unpaired) electrons. The van der Waals surface area contributed by atoms with E-state index in [1.165, 1.54) is 4.70 Å². The topological polar surface area (TPSA) is 76.2 Å². The standard InChI is InChI=1S/C18H21N5S/c19-18(22-13-10-14-6-3-4-11-20-14)21-12-5-9-17-23-15-7-1-2-8-16(15)24-17/h1-4,6-8,11H,5,9-10,12-13H2,(H3,19,21,22). The van der Waals surface area contributed by atoms with Gasteiger partial charge >= 0.3 is 0 Å². The number of hydrogen-bond donors (Lipinski definition) is 2. The van der Waals surface area contributed by atoms with E-state index >= 15 is 0 Å². The molecule has 0 aliphatic heterocycles. The fourth-order valence-corrected chi connectivity index (χ4v) is 3.39. The van der Waals surface area contributed by atoms with Crippen LogP contribution in [-0.2, 0) is 12.8 Å². The summed E-state index contributed by atoms with van der Waals surface area (Å²) in [7, 11) is 0. The highest BCUT2D eigenvalue weighted by Gasteiger charge is 2.02. The zero-order valence-corrected chi connectivity index (χ0v) is 14.3. The Kier molecular flexibility index (Phi) is 5.74. The minimum Gasteiger partial charge on any atom is -0.370 e. The van der Waals surface area contributed by atoms with Gasteiger partial charge in [-0.1, -0.05) is 18.2 Å². The highest BCUT2D eigenvalue weighted by Crippen LogP contribution is 2.22. The van der Waals surface area contributed by atoms with Crippen molar-refractivity contribution in [2.45, 2.75) is 19.3 Å². The Morgan fingerprint density at radius 2 is 2.00 bits per heavy atom. The molecule has 6 heteroatoms. The Morgan fingerprint density at radius 1 is 1.12 bits per heavy atom. The first kappa shape index (κ1) is 16.4. The van der Waals surface area contributed by atoms with Gasteiger partial charge < -0.3 is 11.1 Å². The van der Waals surface area contributed by atoms with E-state index in [9.17, 15) is 0 Å². The van der Waals surface area contributed by atoms with E-state index in [1.54, 1.807) is 17.5 Å². The average molecular weight is 339 g/mol. The second-order valence-corrected chi connectivity index (χ2v) is 6.56. The lowest BCUT2D eigenvalue weighted by atomic mass is 10.3. The number of fused-ring (bicyclic) bond motifs is 1. The van der Waals surface area contributed by atoms with Crippen LogP contribution < -0.4 is 11.1 Å². The molecule has 3 aromatic rings. The highest BCUT2D eigenvalue weighted by molar-refractivity contribution is 7.18. The van der Waals surface area contributed by atoms with Gasteiger partial charge in [-0.2, -0.15) is 0 Å². The van der Waals surface area contributed by atoms with Crippen molar-refractivity contribution >= 4 is 27.5 Å². The number of nitrogens with zero attached hydrogens (tertiary/aromatic N) is 3. The number of benzene rings is 1. The molecule has 24 heavy (non-hydrogen) atoms. The van der Waals surface area contributed by atoms with E-state index < -0.39 is 0 Å². The number of aryl methyl sites for hydroxylation is 1. The minimum absolute atomic E-state index is 0.496. The molecule has 0 unspecified atom stereocenters. The van der Waals surface area contributed by atoms with Crippen molar-refractivity contribution < 1.29 is 0 Å². The van der Waals surface area contributed by atoms with Gasteiger partial charge in [0.05, 0.1) is 15.2 Å². The van der Waals surface area contributed by atoms with Crippen LogP contribution in [0.2, 0.25) is 0 Å². The molecular formula is C18H21N5S. The number of rotatable bonds is 7. The number of aromatic nitrogens is 2. The van der Waals surface area contributed by atoms with E-state index in [-0.39, 0.29) is 0 Å². The van der Waals surface area contributed by atoms with Crippen LogP contribution in [0.4, 0.5) is 0 Å². The molecule has 2 heterocycles. The number of nitrogens with two attached hydrogens (primary N) is 1. The summed E-state index contributed by atoms with van der Waals surface area (Å²) in [6.07, 6.45) is 4.52. The number of pyridine rings is 1. The summed E-state index contributed by atoms with van der Waals surface area (Å²) < 4.78 is 1.24. The molecule has 0 aliphatic carbocycles. The van der Waals surface area contributed by atoms with Crippen LogP contribution in [0.3, 0.4) is 0 Å². The fourth-order valence-electron chi connectivity index (χ4n) is 2.38. The van der Waals surface area contributed by atoms with Crippen LogP contribution in [0, 0.1) is 0 Å². The second-order valence-electron chi connectivity index (χ2n) is 5.44. The van der Waals surface area contributed by atoms with Crippen molar-refractivity contribution in [3.8, 4) is 0 Å². The second kappa shape index (κ2) is 8.40. The number of nitrogens with one attached hydrogen (secondary N) is 1. The van der Waals surface area contributed by atoms with Gasteiger partial charge in [-0.3, -0.25) is 9.98 Å². The molecule has 0 aliphatic rings. The summed E-state index contributed by atoms with van der Waals surface area (Å²) in [6, 6.07) is 14.1. The first-order valence-corrected chi connectivity index (χ1v) is 8.91. The molecule has 3 rings (SSSR count). The van der Waals surface area contributed by atoms with Crippen molar-refractivity contribution in [3.63, 3.8) is 0 Å². The Labute approximate surface area is 145 Å². The van der Waals surface area contributed by atoms with Crippen molar-refractivity contribution in [1.29, 1.82) is 0 Å². The lowest BCUT2D eigenvalue weighted by Crippen LogP contribution is -2.33. The van der Waals surface area contributed by atoms with Crippen molar-refractivity contribution in [1.82, 2.24) is 15.3 Å². The van der Waals surface area contributed by atoms with E-state index in [2.05, 4.69) is 32.4 Å². The van der Waals surface area contributed by atoms with Crippen LogP contribution in [0.5, 0.6) is 0 Å². The third-order valence-corrected chi connectivity index (χ3v) is 4.68. The molecular weight excluding hydrogens is 318 g/mol. The summed E-state index contributed by atoms with van der Waals surface area (Å²) in [4.78, 5) is 13.3. The number of para-hydroxylation sites is 1. The maximum absolute atomic E-state index is 5.88. The number of guanidine groups is 1. The van der Waals surface area contributed by atoms with Gasteiger partial charge in [-0.05, 0) is 30.7 Å². The normalized spacial score (nSPS) is 11.8. The molecule has 2 aromatic heterocycles. The molecule has 0 saturated heterocycles. The molecule has 0 saturated carbocycles. The lowest BCUT2D eigenvalue weighted by Gasteiger charge is -2.05. The third-order valence-electron chi connectivity index (χ3n) is 3.58. The van der Waals surface area contributed by atoms with Crippen LogP contribution >= 0.6 is 11.3 Å². The lowest BCUT2D eigenvalue weighted by molar-refractivity contribution is 0.799. The highest BCUT2D eigenvalue weighted by atomic mass is 32.1. The van der Waals surface area contributed by atoms with E-state index in [4.69, 9.17) is 5.73 Å². The van der Waals surface area contributed by atoms with Gasteiger partial charge in [0, 0.05) is 37.8 Å². The van der Waals surface area contributed by atoms with Gasteiger partial charge in [0.1, 0.15) is 0 Å². The molecule has 5 nitrogen and oxygen atoms in total. The fraction of sp³-hybridized carbons (Fsp3) is 0.278. The number of aliphatic imine (C=N–C) groups is 1. The monoisotopic (exact) mass is 339 g/mol. The van der Waals surface area contributed by atoms with Crippen LogP contribution in [0.1, 0.15) is 17.1 Å². The van der Waals surface area contributed by atoms with Crippen LogP contribution in [0.25, 0.3) is 10.2 Å².